The maximum Gasteiger partial charge on any atom is 0.207 e. The Bertz CT molecular complexity index is 842. The van der Waals surface area contributed by atoms with Gasteiger partial charge in [0.25, 0.3) is 0 Å². The van der Waals surface area contributed by atoms with Crippen molar-refractivity contribution in [1.29, 1.82) is 0 Å². The molecule has 4 N–H and O–H groups in total. The molecule has 1 saturated heterocycles. The van der Waals surface area contributed by atoms with Gasteiger partial charge in [-0.05, 0) is 31.5 Å². The van der Waals surface area contributed by atoms with Gasteiger partial charge in [0, 0.05) is 31.8 Å². The fourth-order valence-electron chi connectivity index (χ4n) is 3.46. The Kier molecular flexibility index (Phi) is 4.75. The molecule has 1 fully saturated rings. The summed E-state index contributed by atoms with van der Waals surface area (Å²) in [6.07, 6.45) is 0.508. The maximum absolute atomic E-state index is 9.47. The second-order valence-electron chi connectivity index (χ2n) is 7.21. The number of imidazole rings is 1. The number of aromatic nitrogens is 2. The van der Waals surface area contributed by atoms with Gasteiger partial charge in [-0.2, -0.15) is 4.98 Å². The SMILES string of the molecule is Cc1cccc(Nc2nc3c([nH]2)C(N2CCOCC2)=NC(C)(CCO)N3)c1. The topological polar surface area (TPSA) is 97.8 Å². The third-order valence-electron chi connectivity index (χ3n) is 4.86. The van der Waals surface area contributed by atoms with Crippen molar-refractivity contribution >= 4 is 23.3 Å². The third kappa shape index (κ3) is 3.77. The summed E-state index contributed by atoms with van der Waals surface area (Å²) in [5.74, 6) is 2.28. The van der Waals surface area contributed by atoms with Gasteiger partial charge < -0.3 is 30.4 Å². The highest BCUT2D eigenvalue weighted by molar-refractivity contribution is 6.03. The molecule has 2 aliphatic rings. The van der Waals surface area contributed by atoms with E-state index in [4.69, 9.17) is 14.7 Å². The highest BCUT2D eigenvalue weighted by atomic mass is 16.5. The van der Waals surface area contributed by atoms with Gasteiger partial charge in [-0.3, -0.25) is 0 Å². The minimum atomic E-state index is -0.592. The van der Waals surface area contributed by atoms with Crippen LogP contribution in [0.25, 0.3) is 0 Å². The van der Waals surface area contributed by atoms with E-state index in [0.717, 1.165) is 36.1 Å². The highest BCUT2D eigenvalue weighted by Gasteiger charge is 2.35. The molecule has 0 amide bonds. The fraction of sp³-hybridized carbons (Fsp3) is 0.474. The van der Waals surface area contributed by atoms with E-state index in [0.29, 0.717) is 25.6 Å². The van der Waals surface area contributed by atoms with Crippen molar-refractivity contribution in [2.75, 3.05) is 43.5 Å². The summed E-state index contributed by atoms with van der Waals surface area (Å²) in [5.41, 5.74) is 2.43. The Morgan fingerprint density at radius 3 is 2.89 bits per heavy atom. The Hall–Kier alpha value is -2.58. The number of aliphatic hydroxyl groups is 1. The summed E-state index contributed by atoms with van der Waals surface area (Å²) in [7, 11) is 0. The summed E-state index contributed by atoms with van der Waals surface area (Å²) < 4.78 is 5.48. The number of aliphatic imine (C=N–C) groups is 1. The summed E-state index contributed by atoms with van der Waals surface area (Å²) in [4.78, 5) is 15.2. The van der Waals surface area contributed by atoms with Gasteiger partial charge in [-0.25, -0.2) is 4.99 Å². The van der Waals surface area contributed by atoms with Gasteiger partial charge in [0.15, 0.2) is 11.7 Å². The van der Waals surface area contributed by atoms with Crippen LogP contribution in [0, 0.1) is 6.92 Å². The van der Waals surface area contributed by atoms with Crippen LogP contribution in [0.3, 0.4) is 0 Å². The molecule has 2 aliphatic heterocycles. The molecule has 1 aromatic carbocycles. The number of hydrogen-bond acceptors (Lipinski definition) is 7. The second kappa shape index (κ2) is 7.21. The van der Waals surface area contributed by atoms with E-state index in [1.807, 2.05) is 19.1 Å². The van der Waals surface area contributed by atoms with Crippen LogP contribution < -0.4 is 10.6 Å². The van der Waals surface area contributed by atoms with Crippen LogP contribution in [0.4, 0.5) is 17.5 Å². The van der Waals surface area contributed by atoms with E-state index in [-0.39, 0.29) is 6.61 Å². The molecule has 144 valence electrons. The number of fused-ring (bicyclic) bond motifs is 1. The van der Waals surface area contributed by atoms with Crippen LogP contribution in [-0.2, 0) is 4.74 Å². The van der Waals surface area contributed by atoms with Gasteiger partial charge in [-0.1, -0.05) is 12.1 Å². The number of morpholine rings is 1. The van der Waals surface area contributed by atoms with Crippen molar-refractivity contribution < 1.29 is 9.84 Å². The molecule has 0 bridgehead atoms. The van der Waals surface area contributed by atoms with Crippen molar-refractivity contribution in [1.82, 2.24) is 14.9 Å². The lowest BCUT2D eigenvalue weighted by molar-refractivity contribution is 0.0676. The number of rotatable bonds is 4. The average Bonchev–Trinajstić information content (AvgIpc) is 3.03. The molecule has 0 aliphatic carbocycles. The zero-order chi connectivity index (χ0) is 18.9. The minimum absolute atomic E-state index is 0.0531. The van der Waals surface area contributed by atoms with E-state index in [1.54, 1.807) is 0 Å². The number of ether oxygens (including phenoxy) is 1. The van der Waals surface area contributed by atoms with Gasteiger partial charge in [0.05, 0.1) is 13.2 Å². The molecule has 27 heavy (non-hydrogen) atoms. The first-order valence-electron chi connectivity index (χ1n) is 9.32. The van der Waals surface area contributed by atoms with Crippen LogP contribution in [0.1, 0.15) is 24.6 Å². The van der Waals surface area contributed by atoms with Crippen molar-refractivity contribution in [3.63, 3.8) is 0 Å². The second-order valence-corrected chi connectivity index (χ2v) is 7.21. The van der Waals surface area contributed by atoms with E-state index in [1.165, 1.54) is 5.56 Å². The number of aromatic amines is 1. The predicted octanol–water partition coefficient (Wildman–Crippen LogP) is 2.06. The average molecular weight is 370 g/mol. The first-order valence-corrected chi connectivity index (χ1v) is 9.32. The number of nitrogens with one attached hydrogen (secondary N) is 3. The monoisotopic (exact) mass is 370 g/mol. The number of aliphatic hydroxyl groups excluding tert-OH is 1. The number of benzene rings is 1. The molecular weight excluding hydrogens is 344 g/mol. The van der Waals surface area contributed by atoms with Gasteiger partial charge in [-0.15, -0.1) is 0 Å². The maximum atomic E-state index is 9.47. The number of H-pyrrole nitrogens is 1. The molecule has 0 saturated carbocycles. The van der Waals surface area contributed by atoms with Crippen LogP contribution in [0.2, 0.25) is 0 Å². The summed E-state index contributed by atoms with van der Waals surface area (Å²) in [6, 6.07) is 8.15. The number of aryl methyl sites for hydroxylation is 1. The Morgan fingerprint density at radius 2 is 2.15 bits per heavy atom. The van der Waals surface area contributed by atoms with Crippen LogP contribution >= 0.6 is 0 Å². The van der Waals surface area contributed by atoms with Crippen molar-refractivity contribution in [3.8, 4) is 0 Å². The lowest BCUT2D eigenvalue weighted by atomic mass is 10.1. The zero-order valence-corrected chi connectivity index (χ0v) is 15.7. The molecule has 1 unspecified atom stereocenters. The molecule has 1 aromatic heterocycles. The molecule has 0 radical (unpaired) electrons. The van der Waals surface area contributed by atoms with E-state index in [2.05, 4.69) is 39.6 Å². The summed E-state index contributed by atoms with van der Waals surface area (Å²) in [5, 5.41) is 16.2. The Morgan fingerprint density at radius 1 is 1.33 bits per heavy atom. The quantitative estimate of drug-likeness (QED) is 0.658. The molecule has 1 atom stereocenters. The minimum Gasteiger partial charge on any atom is -0.396 e. The predicted molar refractivity (Wildman–Crippen MR) is 106 cm³/mol. The number of anilines is 3. The van der Waals surface area contributed by atoms with Crippen molar-refractivity contribution in [2.45, 2.75) is 25.9 Å². The van der Waals surface area contributed by atoms with E-state index in [9.17, 15) is 5.11 Å². The smallest absolute Gasteiger partial charge is 0.207 e. The normalized spacial score (nSPS) is 22.0. The van der Waals surface area contributed by atoms with Crippen molar-refractivity contribution in [3.05, 3.63) is 35.5 Å². The largest absolute Gasteiger partial charge is 0.396 e. The molecule has 4 rings (SSSR count). The number of amidine groups is 1. The summed E-state index contributed by atoms with van der Waals surface area (Å²) >= 11 is 0. The number of nitrogens with zero attached hydrogens (tertiary/aromatic N) is 3. The molecule has 3 heterocycles. The fourth-order valence-corrected chi connectivity index (χ4v) is 3.46. The van der Waals surface area contributed by atoms with E-state index >= 15 is 0 Å². The first-order chi connectivity index (χ1) is 13.1. The van der Waals surface area contributed by atoms with Crippen LogP contribution in [0.15, 0.2) is 29.3 Å². The van der Waals surface area contributed by atoms with Crippen molar-refractivity contribution in [2.24, 2.45) is 4.99 Å². The Labute approximate surface area is 158 Å². The third-order valence-corrected chi connectivity index (χ3v) is 4.86. The van der Waals surface area contributed by atoms with Crippen LogP contribution in [0.5, 0.6) is 0 Å². The molecule has 2 aromatic rings. The standard InChI is InChI=1S/C19H26N6O2/c1-13-4-3-5-14(12-13)20-18-21-15-16(22-18)23-19(2,6-9-26)24-17(15)25-7-10-27-11-8-25/h3-5,12,23,26H,6-11H2,1-2H3,(H2,20,21,22). The number of hydrogen-bond donors (Lipinski definition) is 4. The Balaban J connectivity index is 1.66. The molecule has 8 nitrogen and oxygen atoms in total. The molecule has 8 heteroatoms. The molecule has 0 spiro atoms. The lowest BCUT2D eigenvalue weighted by Gasteiger charge is -2.37. The highest BCUT2D eigenvalue weighted by Crippen LogP contribution is 2.31. The first kappa shape index (κ1) is 17.8. The lowest BCUT2D eigenvalue weighted by Crippen LogP contribution is -2.47. The summed E-state index contributed by atoms with van der Waals surface area (Å²) in [6.45, 7) is 7.03. The van der Waals surface area contributed by atoms with Gasteiger partial charge in [0.1, 0.15) is 11.4 Å². The van der Waals surface area contributed by atoms with E-state index < -0.39 is 5.66 Å². The zero-order valence-electron chi connectivity index (χ0n) is 15.7. The van der Waals surface area contributed by atoms with Gasteiger partial charge in [0.2, 0.25) is 5.95 Å². The van der Waals surface area contributed by atoms with Crippen LogP contribution in [-0.4, -0.2) is 64.4 Å². The molecular formula is C19H26N6O2. The van der Waals surface area contributed by atoms with Gasteiger partial charge >= 0.3 is 0 Å².